The van der Waals surface area contributed by atoms with Crippen molar-refractivity contribution in [3.63, 3.8) is 0 Å². The van der Waals surface area contributed by atoms with Crippen molar-refractivity contribution >= 4 is 5.97 Å². The summed E-state index contributed by atoms with van der Waals surface area (Å²) < 4.78 is 38.1. The third-order valence-corrected chi connectivity index (χ3v) is 5.46. The summed E-state index contributed by atoms with van der Waals surface area (Å²) in [6.45, 7) is 2.97. The molecule has 1 aliphatic carbocycles. The SMILES string of the molecule is O=C(O)C(F)(F)F.c1ccc(C[C@H]2[C@H](OCC3CC3)CCN2Cc2ccccn2)cc1. The Morgan fingerprint density at radius 2 is 1.77 bits per heavy atom. The molecule has 4 rings (SSSR count). The Kier molecular flexibility index (Phi) is 8.03. The molecule has 168 valence electrons. The summed E-state index contributed by atoms with van der Waals surface area (Å²) in [4.78, 5) is 16.0. The Morgan fingerprint density at radius 3 is 2.35 bits per heavy atom. The molecule has 0 unspecified atom stereocenters. The second kappa shape index (κ2) is 10.7. The van der Waals surface area contributed by atoms with Crippen LogP contribution in [-0.4, -0.2) is 52.4 Å². The standard InChI is InChI=1S/C21H26N2O.C2HF3O2/c1-2-6-17(7-3-1)14-20-21(24-16-18-9-10-18)11-13-23(20)15-19-8-4-5-12-22-19;3-2(4,5)1(6)7/h1-8,12,18,20-21H,9-11,13-16H2;(H,6,7)/t20-,21+;/m0./s1. The first kappa shape index (κ1) is 23.2. The molecule has 1 aromatic heterocycles. The maximum Gasteiger partial charge on any atom is 0.490 e. The lowest BCUT2D eigenvalue weighted by Gasteiger charge is -2.28. The fraction of sp³-hybridized carbons (Fsp3) is 0.478. The number of pyridine rings is 1. The molecular formula is C23H27F3N2O3. The van der Waals surface area contributed by atoms with Gasteiger partial charge in [0, 0.05) is 31.9 Å². The van der Waals surface area contributed by atoms with Gasteiger partial charge < -0.3 is 9.84 Å². The van der Waals surface area contributed by atoms with Gasteiger partial charge in [0.2, 0.25) is 0 Å². The van der Waals surface area contributed by atoms with Gasteiger partial charge in [0.05, 0.1) is 11.8 Å². The number of aliphatic carboxylic acids is 1. The number of ether oxygens (including phenoxy) is 1. The highest BCUT2D eigenvalue weighted by Gasteiger charge is 2.38. The largest absolute Gasteiger partial charge is 0.490 e. The molecule has 0 spiro atoms. The maximum atomic E-state index is 10.6. The molecule has 1 N–H and O–H groups in total. The highest BCUT2D eigenvalue weighted by Crippen LogP contribution is 2.32. The van der Waals surface area contributed by atoms with Crippen LogP contribution in [0.2, 0.25) is 0 Å². The summed E-state index contributed by atoms with van der Waals surface area (Å²) in [5, 5.41) is 7.12. The quantitative estimate of drug-likeness (QED) is 0.700. The second-order valence-corrected chi connectivity index (χ2v) is 7.96. The molecule has 1 aliphatic heterocycles. The lowest BCUT2D eigenvalue weighted by molar-refractivity contribution is -0.192. The lowest BCUT2D eigenvalue weighted by atomic mass is 10.0. The fourth-order valence-electron chi connectivity index (χ4n) is 3.64. The van der Waals surface area contributed by atoms with E-state index in [1.807, 2.05) is 12.3 Å². The smallest absolute Gasteiger partial charge is 0.475 e. The zero-order valence-corrected chi connectivity index (χ0v) is 17.2. The molecule has 0 bridgehead atoms. The van der Waals surface area contributed by atoms with Gasteiger partial charge in [-0.3, -0.25) is 9.88 Å². The van der Waals surface area contributed by atoms with Gasteiger partial charge in [0.15, 0.2) is 0 Å². The number of nitrogens with zero attached hydrogens (tertiary/aromatic N) is 2. The minimum atomic E-state index is -5.08. The second-order valence-electron chi connectivity index (χ2n) is 7.96. The molecule has 2 aromatic rings. The van der Waals surface area contributed by atoms with Crippen LogP contribution in [0.5, 0.6) is 0 Å². The van der Waals surface area contributed by atoms with E-state index in [4.69, 9.17) is 14.6 Å². The van der Waals surface area contributed by atoms with Crippen molar-refractivity contribution < 1.29 is 27.8 Å². The van der Waals surface area contributed by atoms with E-state index in [1.165, 1.54) is 18.4 Å². The molecule has 1 aromatic carbocycles. The predicted molar refractivity (Wildman–Crippen MR) is 109 cm³/mol. The molecule has 2 fully saturated rings. The number of hydrogen-bond donors (Lipinski definition) is 1. The number of hydrogen-bond acceptors (Lipinski definition) is 4. The minimum absolute atomic E-state index is 0.356. The molecule has 31 heavy (non-hydrogen) atoms. The Morgan fingerprint density at radius 1 is 1.10 bits per heavy atom. The van der Waals surface area contributed by atoms with Gasteiger partial charge in [-0.15, -0.1) is 0 Å². The third-order valence-electron chi connectivity index (χ3n) is 5.46. The number of carbonyl (C=O) groups is 1. The zero-order chi connectivity index (χ0) is 22.3. The number of alkyl halides is 3. The Hall–Kier alpha value is -2.45. The molecule has 1 saturated carbocycles. The topological polar surface area (TPSA) is 62.7 Å². The van der Waals surface area contributed by atoms with Crippen LogP contribution in [0.1, 0.15) is 30.5 Å². The van der Waals surface area contributed by atoms with E-state index in [1.54, 1.807) is 0 Å². The van der Waals surface area contributed by atoms with Crippen LogP contribution >= 0.6 is 0 Å². The Labute approximate surface area is 179 Å². The van der Waals surface area contributed by atoms with Crippen LogP contribution in [-0.2, 0) is 22.5 Å². The van der Waals surface area contributed by atoms with Gasteiger partial charge in [-0.1, -0.05) is 36.4 Å². The van der Waals surface area contributed by atoms with E-state index in [2.05, 4.69) is 52.3 Å². The number of likely N-dealkylation sites (tertiary alicyclic amines) is 1. The predicted octanol–water partition coefficient (Wildman–Crippen LogP) is 4.33. The number of benzene rings is 1. The Balaban J connectivity index is 0.000000339. The van der Waals surface area contributed by atoms with Crippen molar-refractivity contribution in [2.75, 3.05) is 13.2 Å². The van der Waals surface area contributed by atoms with Crippen LogP contribution < -0.4 is 0 Å². The zero-order valence-electron chi connectivity index (χ0n) is 17.2. The molecule has 2 heterocycles. The van der Waals surface area contributed by atoms with Crippen molar-refractivity contribution in [1.82, 2.24) is 9.88 Å². The van der Waals surface area contributed by atoms with Crippen molar-refractivity contribution in [1.29, 1.82) is 0 Å². The summed E-state index contributed by atoms with van der Waals surface area (Å²) >= 11 is 0. The van der Waals surface area contributed by atoms with Crippen molar-refractivity contribution in [2.45, 2.75) is 50.6 Å². The normalized spacial score (nSPS) is 21.4. The maximum absolute atomic E-state index is 10.6. The van der Waals surface area contributed by atoms with Gasteiger partial charge in [0.25, 0.3) is 0 Å². The van der Waals surface area contributed by atoms with Crippen LogP contribution in [0, 0.1) is 5.92 Å². The summed E-state index contributed by atoms with van der Waals surface area (Å²) in [6.07, 6.45) is 2.06. The molecule has 2 aliphatic rings. The summed E-state index contributed by atoms with van der Waals surface area (Å²) in [5.74, 6) is -1.93. The first-order chi connectivity index (χ1) is 14.8. The molecule has 5 nitrogen and oxygen atoms in total. The number of aromatic nitrogens is 1. The number of carboxylic acid groups (broad SMARTS) is 1. The molecule has 1 saturated heterocycles. The minimum Gasteiger partial charge on any atom is -0.475 e. The van der Waals surface area contributed by atoms with Crippen molar-refractivity contribution in [2.24, 2.45) is 5.92 Å². The lowest BCUT2D eigenvalue weighted by Crippen LogP contribution is -2.38. The van der Waals surface area contributed by atoms with Crippen LogP contribution in [0.3, 0.4) is 0 Å². The van der Waals surface area contributed by atoms with Gasteiger partial charge in [-0.05, 0) is 49.3 Å². The van der Waals surface area contributed by atoms with E-state index >= 15 is 0 Å². The molecule has 0 amide bonds. The molecule has 0 radical (unpaired) electrons. The highest BCUT2D eigenvalue weighted by molar-refractivity contribution is 5.73. The molecule has 2 atom stereocenters. The van der Waals surface area contributed by atoms with E-state index < -0.39 is 12.1 Å². The fourth-order valence-corrected chi connectivity index (χ4v) is 3.64. The van der Waals surface area contributed by atoms with E-state index in [0.717, 1.165) is 44.1 Å². The van der Waals surface area contributed by atoms with Crippen molar-refractivity contribution in [3.05, 3.63) is 66.0 Å². The summed E-state index contributed by atoms with van der Waals surface area (Å²) in [5.41, 5.74) is 2.55. The number of rotatable bonds is 7. The molecule has 8 heteroatoms. The first-order valence-corrected chi connectivity index (χ1v) is 10.4. The highest BCUT2D eigenvalue weighted by atomic mass is 19.4. The van der Waals surface area contributed by atoms with Crippen LogP contribution in [0.4, 0.5) is 13.2 Å². The van der Waals surface area contributed by atoms with Gasteiger partial charge in [-0.2, -0.15) is 13.2 Å². The average Bonchev–Trinajstić information content (AvgIpc) is 3.51. The first-order valence-electron chi connectivity index (χ1n) is 10.4. The van der Waals surface area contributed by atoms with E-state index in [0.29, 0.717) is 12.1 Å². The monoisotopic (exact) mass is 436 g/mol. The van der Waals surface area contributed by atoms with Crippen LogP contribution in [0.15, 0.2) is 54.7 Å². The van der Waals surface area contributed by atoms with Gasteiger partial charge in [0.1, 0.15) is 0 Å². The Bertz CT molecular complexity index is 814. The summed E-state index contributed by atoms with van der Waals surface area (Å²) in [6, 6.07) is 17.4. The third kappa shape index (κ3) is 7.63. The molecular weight excluding hydrogens is 409 g/mol. The number of halogens is 3. The van der Waals surface area contributed by atoms with Crippen molar-refractivity contribution in [3.8, 4) is 0 Å². The van der Waals surface area contributed by atoms with Crippen LogP contribution in [0.25, 0.3) is 0 Å². The van der Waals surface area contributed by atoms with E-state index in [9.17, 15) is 13.2 Å². The average molecular weight is 436 g/mol. The summed E-state index contributed by atoms with van der Waals surface area (Å²) in [7, 11) is 0. The van der Waals surface area contributed by atoms with Gasteiger partial charge >= 0.3 is 12.1 Å². The number of carboxylic acids is 1. The van der Waals surface area contributed by atoms with Gasteiger partial charge in [-0.25, -0.2) is 4.79 Å². The van der Waals surface area contributed by atoms with E-state index in [-0.39, 0.29) is 0 Å².